The van der Waals surface area contributed by atoms with Gasteiger partial charge in [0.2, 0.25) is 11.8 Å². The predicted molar refractivity (Wildman–Crippen MR) is 74.4 cm³/mol. The molecule has 0 aromatic heterocycles. The van der Waals surface area contributed by atoms with Crippen molar-refractivity contribution < 1.29 is 9.59 Å². The van der Waals surface area contributed by atoms with Crippen LogP contribution < -0.4 is 5.32 Å². The number of hydrogen-bond donors (Lipinski definition) is 1. The lowest BCUT2D eigenvalue weighted by atomic mass is 10.1. The van der Waals surface area contributed by atoms with Crippen LogP contribution >= 0.6 is 12.2 Å². The summed E-state index contributed by atoms with van der Waals surface area (Å²) in [5.41, 5.74) is 0. The molecular weight excluding hydrogens is 250 g/mol. The quantitative estimate of drug-likeness (QED) is 0.348. The minimum atomic E-state index is -0.898. The van der Waals surface area contributed by atoms with Gasteiger partial charge in [-0.1, -0.05) is 13.0 Å². The summed E-state index contributed by atoms with van der Waals surface area (Å²) in [5, 5.41) is 2.62. The number of nitrogens with zero attached hydrogens (tertiary/aromatic N) is 2. The van der Waals surface area contributed by atoms with Gasteiger partial charge in [0.05, 0.1) is 0 Å². The minimum absolute atomic E-state index is 0.0901. The van der Waals surface area contributed by atoms with Gasteiger partial charge >= 0.3 is 0 Å². The molecule has 1 saturated heterocycles. The maximum atomic E-state index is 12.1. The van der Waals surface area contributed by atoms with E-state index in [1.807, 2.05) is 13.8 Å². The van der Waals surface area contributed by atoms with Crippen molar-refractivity contribution in [2.24, 2.45) is 10.9 Å². The summed E-state index contributed by atoms with van der Waals surface area (Å²) in [4.78, 5) is 29.3. The molecule has 1 rings (SSSR count). The normalized spacial score (nSPS) is 22.2. The van der Waals surface area contributed by atoms with Crippen LogP contribution in [-0.4, -0.2) is 40.6 Å². The van der Waals surface area contributed by atoms with Crippen molar-refractivity contribution in [2.45, 2.75) is 26.3 Å². The highest BCUT2D eigenvalue weighted by Crippen LogP contribution is 2.10. The van der Waals surface area contributed by atoms with Crippen molar-refractivity contribution in [1.82, 2.24) is 10.2 Å². The van der Waals surface area contributed by atoms with Crippen LogP contribution in [0.3, 0.4) is 0 Å². The van der Waals surface area contributed by atoms with E-state index in [1.165, 1.54) is 11.1 Å². The predicted octanol–water partition coefficient (Wildman–Crippen LogP) is 0.901. The highest BCUT2D eigenvalue weighted by molar-refractivity contribution is 7.80. The molecule has 5 nitrogen and oxygen atoms in total. The molecule has 2 amide bonds. The van der Waals surface area contributed by atoms with Crippen molar-refractivity contribution >= 4 is 35.4 Å². The number of nitrogens with one attached hydrogen (secondary N) is 1. The van der Waals surface area contributed by atoms with Crippen LogP contribution in [0.25, 0.3) is 0 Å². The first kappa shape index (κ1) is 14.5. The van der Waals surface area contributed by atoms with E-state index in [9.17, 15) is 9.59 Å². The van der Waals surface area contributed by atoms with Crippen molar-refractivity contribution in [1.29, 1.82) is 0 Å². The first-order chi connectivity index (χ1) is 8.51. The second-order valence-electron chi connectivity index (χ2n) is 4.07. The van der Waals surface area contributed by atoms with Crippen LogP contribution in [-0.2, 0) is 9.59 Å². The Morgan fingerprint density at radius 3 is 2.83 bits per heavy atom. The maximum absolute atomic E-state index is 12.1. The van der Waals surface area contributed by atoms with Gasteiger partial charge in [0.1, 0.15) is 0 Å². The Labute approximate surface area is 112 Å². The smallest absolute Gasteiger partial charge is 0.247 e. The number of amides is 2. The Bertz CT molecular complexity index is 406. The lowest BCUT2D eigenvalue weighted by Crippen LogP contribution is -2.58. The van der Waals surface area contributed by atoms with Gasteiger partial charge in [0.15, 0.2) is 11.0 Å². The number of carbonyl (C=O) groups excluding carboxylic acids is 2. The van der Waals surface area contributed by atoms with Gasteiger partial charge in [0, 0.05) is 18.8 Å². The zero-order chi connectivity index (χ0) is 13.7. The first-order valence-corrected chi connectivity index (χ1v) is 6.22. The zero-order valence-corrected chi connectivity index (χ0v) is 11.4. The number of aliphatic imine (C=N–C) groups is 1. The summed E-state index contributed by atoms with van der Waals surface area (Å²) < 4.78 is 0. The van der Waals surface area contributed by atoms with Crippen LogP contribution in [0.5, 0.6) is 0 Å². The van der Waals surface area contributed by atoms with Crippen LogP contribution in [0.1, 0.15) is 20.3 Å². The van der Waals surface area contributed by atoms with E-state index in [1.54, 1.807) is 6.08 Å². The fraction of sp³-hybridized carbons (Fsp3) is 0.500. The number of carbonyl (C=O) groups is 2. The maximum Gasteiger partial charge on any atom is 0.247 e. The summed E-state index contributed by atoms with van der Waals surface area (Å²) in [6, 6.07) is 0.0901. The average Bonchev–Trinajstić information content (AvgIpc) is 2.33. The highest BCUT2D eigenvalue weighted by atomic mass is 32.1. The van der Waals surface area contributed by atoms with Crippen molar-refractivity contribution in [3.63, 3.8) is 0 Å². The Kier molecular flexibility index (Phi) is 5.15. The SMILES string of the molecule is C=CCN1C(=O)C(C=N[C@H](C)CC)C(=O)NC1=S. The second kappa shape index (κ2) is 6.39. The molecule has 1 fully saturated rings. The molecule has 0 saturated carbocycles. The molecule has 0 spiro atoms. The Morgan fingerprint density at radius 2 is 2.28 bits per heavy atom. The number of hydrogen-bond acceptors (Lipinski definition) is 4. The minimum Gasteiger partial charge on any atom is -0.302 e. The van der Waals surface area contributed by atoms with E-state index in [4.69, 9.17) is 12.2 Å². The second-order valence-corrected chi connectivity index (χ2v) is 4.45. The third-order valence-corrected chi connectivity index (χ3v) is 3.00. The van der Waals surface area contributed by atoms with Crippen LogP contribution in [0.2, 0.25) is 0 Å². The molecule has 0 aromatic carbocycles. The molecule has 1 unspecified atom stereocenters. The van der Waals surface area contributed by atoms with Crippen molar-refractivity contribution in [2.75, 3.05) is 6.54 Å². The van der Waals surface area contributed by atoms with Crippen molar-refractivity contribution in [3.05, 3.63) is 12.7 Å². The zero-order valence-electron chi connectivity index (χ0n) is 10.5. The van der Waals surface area contributed by atoms with Crippen LogP contribution in [0.4, 0.5) is 0 Å². The summed E-state index contributed by atoms with van der Waals surface area (Å²) in [6.45, 7) is 7.75. The van der Waals surface area contributed by atoms with Crippen LogP contribution in [0.15, 0.2) is 17.6 Å². The third-order valence-electron chi connectivity index (χ3n) is 2.68. The molecule has 1 N–H and O–H groups in total. The lowest BCUT2D eigenvalue weighted by molar-refractivity contribution is -0.137. The van der Waals surface area contributed by atoms with Gasteiger partial charge in [0.25, 0.3) is 0 Å². The highest BCUT2D eigenvalue weighted by Gasteiger charge is 2.36. The van der Waals surface area contributed by atoms with Gasteiger partial charge in [-0.3, -0.25) is 19.5 Å². The largest absolute Gasteiger partial charge is 0.302 e. The average molecular weight is 267 g/mol. The molecule has 2 atom stereocenters. The standard InChI is InChI=1S/C12H17N3O2S/c1-4-6-15-11(17)9(7-13-8(3)5-2)10(16)14-12(15)18/h4,7-9H,1,5-6H2,2-3H3,(H,14,16,18)/t8-,9?/m1/s1. The topological polar surface area (TPSA) is 61.8 Å². The lowest BCUT2D eigenvalue weighted by Gasteiger charge is -2.30. The van der Waals surface area contributed by atoms with Gasteiger partial charge in [-0.15, -0.1) is 6.58 Å². The first-order valence-electron chi connectivity index (χ1n) is 5.81. The molecule has 0 radical (unpaired) electrons. The fourth-order valence-electron chi connectivity index (χ4n) is 1.40. The van der Waals surface area contributed by atoms with E-state index < -0.39 is 11.8 Å². The monoisotopic (exact) mass is 267 g/mol. The van der Waals surface area contributed by atoms with Crippen molar-refractivity contribution in [3.8, 4) is 0 Å². The molecular formula is C12H17N3O2S. The summed E-state index contributed by atoms with van der Waals surface area (Å²) >= 11 is 4.94. The number of thiocarbonyl (C=S) groups is 1. The van der Waals surface area contributed by atoms with E-state index >= 15 is 0 Å². The molecule has 1 heterocycles. The van der Waals surface area contributed by atoms with E-state index in [2.05, 4.69) is 16.9 Å². The van der Waals surface area contributed by atoms with Crippen LogP contribution in [0, 0.1) is 5.92 Å². The summed E-state index contributed by atoms with van der Waals surface area (Å²) in [7, 11) is 0. The van der Waals surface area contributed by atoms with Gasteiger partial charge in [-0.05, 0) is 25.6 Å². The molecule has 18 heavy (non-hydrogen) atoms. The Hall–Kier alpha value is -1.56. The van der Waals surface area contributed by atoms with Gasteiger partial charge < -0.3 is 5.32 Å². The van der Waals surface area contributed by atoms with E-state index in [-0.39, 0.29) is 23.6 Å². The molecule has 6 heteroatoms. The molecule has 1 aliphatic heterocycles. The van der Waals surface area contributed by atoms with E-state index in [0.29, 0.717) is 0 Å². The third kappa shape index (κ3) is 3.22. The fourth-order valence-corrected chi connectivity index (χ4v) is 1.67. The van der Waals surface area contributed by atoms with E-state index in [0.717, 1.165) is 6.42 Å². The number of rotatable bonds is 5. The van der Waals surface area contributed by atoms with Gasteiger partial charge in [-0.2, -0.15) is 0 Å². The molecule has 0 bridgehead atoms. The summed E-state index contributed by atoms with van der Waals surface area (Å²) in [5.74, 6) is -1.67. The molecule has 0 aromatic rings. The molecule has 98 valence electrons. The Balaban J connectivity index is 2.86. The van der Waals surface area contributed by atoms with Gasteiger partial charge in [-0.25, -0.2) is 0 Å². The molecule has 1 aliphatic rings. The molecule has 0 aliphatic carbocycles. The summed E-state index contributed by atoms with van der Waals surface area (Å²) in [6.07, 6.45) is 3.82. The Morgan fingerprint density at radius 1 is 1.61 bits per heavy atom.